The molecule has 0 bridgehead atoms. The quantitative estimate of drug-likeness (QED) is 0.146. The number of aromatic nitrogens is 5. The van der Waals surface area contributed by atoms with Gasteiger partial charge in [0.2, 0.25) is 0 Å². The van der Waals surface area contributed by atoms with E-state index in [4.69, 9.17) is 24.9 Å². The van der Waals surface area contributed by atoms with Crippen LogP contribution in [-0.4, -0.2) is 24.9 Å². The molecule has 5 nitrogen and oxygen atoms in total. The molecule has 0 unspecified atom stereocenters. The zero-order chi connectivity index (χ0) is 40.1. The Hall–Kier alpha value is -8.15. The predicted octanol–water partition coefficient (Wildman–Crippen LogP) is 13.7. The Labute approximate surface area is 349 Å². The summed E-state index contributed by atoms with van der Waals surface area (Å²) in [6, 6.07) is 77.1. The normalized spacial score (nSPS) is 11.0. The minimum Gasteiger partial charge on any atom is -0.228 e. The maximum Gasteiger partial charge on any atom is 0.164 e. The van der Waals surface area contributed by atoms with Gasteiger partial charge in [-0.05, 0) is 51.6 Å². The Morgan fingerprint density at radius 3 is 0.933 bits per heavy atom. The Kier molecular flexibility index (Phi) is 9.88. The molecule has 0 spiro atoms. The van der Waals surface area contributed by atoms with Gasteiger partial charge in [0.25, 0.3) is 0 Å². The Balaban J connectivity index is 0.994. The predicted molar refractivity (Wildman–Crippen MR) is 244 cm³/mol. The highest BCUT2D eigenvalue weighted by Gasteiger charge is 2.15. The van der Waals surface area contributed by atoms with Crippen LogP contribution in [0.15, 0.2) is 224 Å². The molecule has 10 rings (SSSR count). The Bertz CT molecular complexity index is 2990. The second-order valence-electron chi connectivity index (χ2n) is 14.5. The van der Waals surface area contributed by atoms with Crippen molar-refractivity contribution in [3.8, 4) is 101 Å². The van der Waals surface area contributed by atoms with E-state index in [0.717, 1.165) is 67.0 Å². The molecule has 60 heavy (non-hydrogen) atoms. The first-order chi connectivity index (χ1) is 29.7. The van der Waals surface area contributed by atoms with Crippen LogP contribution in [0, 0.1) is 0 Å². The van der Waals surface area contributed by atoms with Crippen LogP contribution in [0.5, 0.6) is 0 Å². The first-order valence-corrected chi connectivity index (χ1v) is 20.0. The van der Waals surface area contributed by atoms with E-state index in [2.05, 4.69) is 140 Å². The average molecular weight is 768 g/mol. The second-order valence-corrected chi connectivity index (χ2v) is 14.5. The summed E-state index contributed by atoms with van der Waals surface area (Å²) in [6.07, 6.45) is 0. The van der Waals surface area contributed by atoms with E-state index in [-0.39, 0.29) is 0 Å². The molecular formula is C55H37N5. The van der Waals surface area contributed by atoms with Crippen molar-refractivity contribution in [2.45, 2.75) is 0 Å². The zero-order valence-corrected chi connectivity index (χ0v) is 32.6. The summed E-state index contributed by atoms with van der Waals surface area (Å²) in [5, 5.41) is 0. The van der Waals surface area contributed by atoms with Gasteiger partial charge in [-0.2, -0.15) is 0 Å². The van der Waals surface area contributed by atoms with E-state index in [9.17, 15) is 0 Å². The molecule has 0 aliphatic heterocycles. The molecule has 0 atom stereocenters. The van der Waals surface area contributed by atoms with Crippen LogP contribution in [0.1, 0.15) is 0 Å². The largest absolute Gasteiger partial charge is 0.228 e. The molecule has 0 amide bonds. The van der Waals surface area contributed by atoms with Crippen LogP contribution in [-0.2, 0) is 0 Å². The van der Waals surface area contributed by atoms with Crippen LogP contribution in [0.25, 0.3) is 101 Å². The average Bonchev–Trinajstić information content (AvgIpc) is 3.35. The number of hydrogen-bond acceptors (Lipinski definition) is 5. The highest BCUT2D eigenvalue weighted by atomic mass is 15.0. The standard InChI is InChI=1S/C55H37N5/c1-5-15-38(16-6-1)39-27-29-40(30-28-39)41-31-33-45(34-32-41)54-58-53(44-21-11-4-12-22-44)59-55(60-54)49-26-14-24-47(36-49)46-23-13-25-48(35-46)51-37-50(42-17-7-2-8-18-42)56-52(57-51)43-19-9-3-10-20-43/h1-37H. The topological polar surface area (TPSA) is 64.5 Å². The van der Waals surface area contributed by atoms with E-state index < -0.39 is 0 Å². The van der Waals surface area contributed by atoms with Gasteiger partial charge in [-0.15, -0.1) is 0 Å². The first-order valence-electron chi connectivity index (χ1n) is 20.0. The van der Waals surface area contributed by atoms with Crippen molar-refractivity contribution in [3.05, 3.63) is 224 Å². The molecule has 0 fully saturated rings. The van der Waals surface area contributed by atoms with Gasteiger partial charge in [0.1, 0.15) is 0 Å². The van der Waals surface area contributed by atoms with Crippen molar-refractivity contribution in [1.29, 1.82) is 0 Å². The third-order valence-corrected chi connectivity index (χ3v) is 10.6. The fourth-order valence-electron chi connectivity index (χ4n) is 7.41. The van der Waals surface area contributed by atoms with Crippen LogP contribution < -0.4 is 0 Å². The van der Waals surface area contributed by atoms with Crippen molar-refractivity contribution in [3.63, 3.8) is 0 Å². The molecule has 8 aromatic carbocycles. The smallest absolute Gasteiger partial charge is 0.164 e. The summed E-state index contributed by atoms with van der Waals surface area (Å²) in [7, 11) is 0. The molecule has 0 N–H and O–H groups in total. The van der Waals surface area contributed by atoms with Gasteiger partial charge in [0.15, 0.2) is 23.3 Å². The summed E-state index contributed by atoms with van der Waals surface area (Å²) in [4.78, 5) is 25.2. The van der Waals surface area contributed by atoms with Crippen LogP contribution in [0.4, 0.5) is 0 Å². The lowest BCUT2D eigenvalue weighted by atomic mass is 9.99. The van der Waals surface area contributed by atoms with Crippen molar-refractivity contribution in [2.24, 2.45) is 0 Å². The molecule has 0 aliphatic carbocycles. The molecule has 0 saturated carbocycles. The number of rotatable bonds is 9. The second kappa shape index (κ2) is 16.4. The van der Waals surface area contributed by atoms with Gasteiger partial charge in [-0.1, -0.05) is 206 Å². The lowest BCUT2D eigenvalue weighted by Crippen LogP contribution is -2.00. The van der Waals surface area contributed by atoms with Crippen molar-refractivity contribution < 1.29 is 0 Å². The van der Waals surface area contributed by atoms with Gasteiger partial charge < -0.3 is 0 Å². The van der Waals surface area contributed by atoms with Gasteiger partial charge >= 0.3 is 0 Å². The molecular weight excluding hydrogens is 731 g/mol. The van der Waals surface area contributed by atoms with E-state index in [1.165, 1.54) is 11.1 Å². The molecule has 2 aromatic heterocycles. The maximum atomic E-state index is 5.08. The highest BCUT2D eigenvalue weighted by molar-refractivity contribution is 5.79. The van der Waals surface area contributed by atoms with Gasteiger partial charge in [0.05, 0.1) is 11.4 Å². The lowest BCUT2D eigenvalue weighted by Gasteiger charge is -2.12. The number of hydrogen-bond donors (Lipinski definition) is 0. The molecule has 282 valence electrons. The monoisotopic (exact) mass is 767 g/mol. The SMILES string of the molecule is c1ccc(-c2ccc(-c3ccc(-c4nc(-c5ccccc5)nc(-c5cccc(-c6cccc(-c7cc(-c8ccccc8)nc(-c8ccccc8)n7)c6)c5)n4)cc3)cc2)cc1. The summed E-state index contributed by atoms with van der Waals surface area (Å²) in [5.74, 6) is 2.53. The molecule has 10 aromatic rings. The number of nitrogens with zero attached hydrogens (tertiary/aromatic N) is 5. The molecule has 2 heterocycles. The van der Waals surface area contributed by atoms with Crippen molar-refractivity contribution in [1.82, 2.24) is 24.9 Å². The van der Waals surface area contributed by atoms with E-state index in [0.29, 0.717) is 23.3 Å². The van der Waals surface area contributed by atoms with Crippen LogP contribution in [0.2, 0.25) is 0 Å². The van der Waals surface area contributed by atoms with E-state index in [1.807, 2.05) is 84.9 Å². The molecule has 0 saturated heterocycles. The van der Waals surface area contributed by atoms with Gasteiger partial charge in [0, 0.05) is 33.4 Å². The van der Waals surface area contributed by atoms with Gasteiger partial charge in [-0.25, -0.2) is 24.9 Å². The Morgan fingerprint density at radius 2 is 0.450 bits per heavy atom. The minimum absolute atomic E-state index is 0.605. The molecule has 0 aliphatic rings. The highest BCUT2D eigenvalue weighted by Crippen LogP contribution is 2.33. The van der Waals surface area contributed by atoms with Gasteiger partial charge in [-0.3, -0.25) is 0 Å². The molecule has 0 radical (unpaired) electrons. The number of benzene rings is 8. The zero-order valence-electron chi connectivity index (χ0n) is 32.6. The van der Waals surface area contributed by atoms with Crippen molar-refractivity contribution >= 4 is 0 Å². The summed E-state index contributed by atoms with van der Waals surface area (Å²) < 4.78 is 0. The van der Waals surface area contributed by atoms with Crippen LogP contribution >= 0.6 is 0 Å². The van der Waals surface area contributed by atoms with E-state index in [1.54, 1.807) is 0 Å². The minimum atomic E-state index is 0.605. The third kappa shape index (κ3) is 7.76. The molecule has 5 heteroatoms. The summed E-state index contributed by atoms with van der Waals surface area (Å²) in [6.45, 7) is 0. The lowest BCUT2D eigenvalue weighted by molar-refractivity contribution is 1.07. The fourth-order valence-corrected chi connectivity index (χ4v) is 7.41. The van der Waals surface area contributed by atoms with Crippen LogP contribution in [0.3, 0.4) is 0 Å². The van der Waals surface area contributed by atoms with E-state index >= 15 is 0 Å². The summed E-state index contributed by atoms with van der Waals surface area (Å²) in [5.41, 5.74) is 14.2. The summed E-state index contributed by atoms with van der Waals surface area (Å²) >= 11 is 0. The van der Waals surface area contributed by atoms with Crippen molar-refractivity contribution in [2.75, 3.05) is 0 Å². The fraction of sp³-hybridized carbons (Fsp3) is 0. The Morgan fingerprint density at radius 1 is 0.167 bits per heavy atom. The third-order valence-electron chi connectivity index (χ3n) is 10.6. The maximum absolute atomic E-state index is 5.08. The first kappa shape index (κ1) is 36.2.